The lowest BCUT2D eigenvalue weighted by molar-refractivity contribution is 0.483. The number of para-hydroxylation sites is 3. The molecule has 1 aliphatic rings. The summed E-state index contributed by atoms with van der Waals surface area (Å²) in [5.41, 5.74) is 6.96. The minimum atomic E-state index is -0.546. The van der Waals surface area contributed by atoms with Gasteiger partial charge in [-0.15, -0.1) is 0 Å². The van der Waals surface area contributed by atoms with Crippen LogP contribution in [0.3, 0.4) is 0 Å². The molecule has 0 spiro atoms. The average Bonchev–Trinajstić information content (AvgIpc) is 3.89. The van der Waals surface area contributed by atoms with Crippen molar-refractivity contribution in [3.8, 4) is 39.6 Å². The Balaban J connectivity index is 1.14. The third-order valence-corrected chi connectivity index (χ3v) is 11.2. The summed E-state index contributed by atoms with van der Waals surface area (Å²) in [6, 6.07) is 36.5. The van der Waals surface area contributed by atoms with Gasteiger partial charge in [-0.25, -0.2) is 4.98 Å². The highest BCUT2D eigenvalue weighted by Gasteiger charge is 2.32. The van der Waals surface area contributed by atoms with Gasteiger partial charge in [-0.1, -0.05) is 139 Å². The van der Waals surface area contributed by atoms with Crippen LogP contribution in [0.4, 0.5) is 22.7 Å². The summed E-state index contributed by atoms with van der Waals surface area (Å²) in [6.07, 6.45) is 1.69. The van der Waals surface area contributed by atoms with Gasteiger partial charge < -0.3 is 14.5 Å². The molecule has 0 unspecified atom stereocenters. The third-order valence-electron chi connectivity index (χ3n) is 11.2. The monoisotopic (exact) mass is 803 g/mol. The molecule has 3 heterocycles. The molecule has 0 bridgehead atoms. The van der Waals surface area contributed by atoms with E-state index >= 15 is 0 Å². The molecular weight excluding hydrogens is 745 g/mol. The Kier molecular flexibility index (Phi) is 7.11. The van der Waals surface area contributed by atoms with Crippen LogP contribution >= 0.6 is 0 Å². The highest BCUT2D eigenvalue weighted by atomic mass is 16.5. The molecule has 2 aromatic heterocycles. The molecule has 0 fully saturated rings. The van der Waals surface area contributed by atoms with Crippen LogP contribution in [0.2, 0.25) is 0 Å². The highest BCUT2D eigenvalue weighted by molar-refractivity contribution is 6.09. The maximum atomic E-state index is 9.89. The molecule has 10 rings (SSSR count). The van der Waals surface area contributed by atoms with Gasteiger partial charge in [-0.2, -0.15) is 0 Å². The summed E-state index contributed by atoms with van der Waals surface area (Å²) in [7, 11) is 0. The van der Waals surface area contributed by atoms with Gasteiger partial charge in [-0.05, 0) is 99.7 Å². The maximum Gasteiger partial charge on any atom is 0.137 e. The molecule has 0 atom stereocenters. The van der Waals surface area contributed by atoms with E-state index in [4.69, 9.17) is 17.9 Å². The van der Waals surface area contributed by atoms with Crippen molar-refractivity contribution in [1.29, 1.82) is 0 Å². The van der Waals surface area contributed by atoms with Gasteiger partial charge in [0, 0.05) is 45.9 Å². The van der Waals surface area contributed by atoms with E-state index in [0.29, 0.717) is 55.9 Å². The number of nitrogens with zero attached hydrogens (tertiary/aromatic N) is 4. The van der Waals surface area contributed by atoms with Gasteiger partial charge in [0.25, 0.3) is 0 Å². The van der Waals surface area contributed by atoms with Crippen molar-refractivity contribution >= 4 is 44.6 Å². The average molecular weight is 804 g/mol. The van der Waals surface area contributed by atoms with Crippen molar-refractivity contribution in [3.63, 3.8) is 0 Å². The van der Waals surface area contributed by atoms with Gasteiger partial charge in [0.2, 0.25) is 0 Å². The molecule has 0 N–H and O–H groups in total. The van der Waals surface area contributed by atoms with E-state index in [1.807, 2.05) is 123 Å². The normalized spacial score (nSPS) is 15.0. The number of rotatable bonds is 7. The lowest BCUT2D eigenvalue weighted by Gasteiger charge is -2.30. The summed E-state index contributed by atoms with van der Waals surface area (Å²) < 4.78 is 90.9. The smallest absolute Gasteiger partial charge is 0.137 e. The molecule has 7 aromatic carbocycles. The Bertz CT molecular complexity index is 3520. The SMILES string of the molecule is [2H]c1c(Oc2ccc3c4c([2H])c([2H])c([2H])c([2H])c4n(-c4cc(C(C)(C)C)ccn4)c3c2)cc(N2CN(c3c(-c4ccccc4)c([2H])c(C(C)(C)C)c([2H])c3-c3ccccc3)c3ccccc32)c([2H])c1[2H]. The fourth-order valence-electron chi connectivity index (χ4n) is 8.09. The summed E-state index contributed by atoms with van der Waals surface area (Å²) in [5.74, 6) is 0.734. The molecular formula is C56H50N4O. The number of ether oxygens (including phenoxy) is 1. The van der Waals surface area contributed by atoms with Crippen LogP contribution in [-0.4, -0.2) is 16.2 Å². The van der Waals surface area contributed by atoms with Gasteiger partial charge >= 0.3 is 0 Å². The molecule has 5 nitrogen and oxygen atoms in total. The Morgan fingerprint density at radius 3 is 1.87 bits per heavy atom. The standard InChI is InChI=1S/C56H50N4O/c1-55(2,3)40-30-31-57-53(34-40)60-49-25-14-13-24-45(49)46-29-28-44(36-52(46)60)61-43-23-17-22-42(35-43)58-37-59(51-27-16-15-26-50(51)58)54-47(38-18-9-7-10-19-38)32-41(56(4,5)6)33-48(54)39-20-11-8-12-21-39/h7-36H,37H2,1-6H3/i13D,14D,17D,22D,23D,24D,25D,32D,33D. The van der Waals surface area contributed by atoms with Gasteiger partial charge in [-0.3, -0.25) is 4.57 Å². The number of benzene rings is 7. The van der Waals surface area contributed by atoms with E-state index in [-0.39, 0.29) is 83.5 Å². The first-order valence-corrected chi connectivity index (χ1v) is 20.5. The van der Waals surface area contributed by atoms with Gasteiger partial charge in [0.15, 0.2) is 0 Å². The van der Waals surface area contributed by atoms with E-state index in [0.717, 1.165) is 22.4 Å². The van der Waals surface area contributed by atoms with Gasteiger partial charge in [0.1, 0.15) is 24.0 Å². The molecule has 0 saturated heterocycles. The quantitative estimate of drug-likeness (QED) is 0.161. The predicted molar refractivity (Wildman–Crippen MR) is 255 cm³/mol. The molecule has 5 heteroatoms. The van der Waals surface area contributed by atoms with E-state index < -0.39 is 5.41 Å². The zero-order chi connectivity index (χ0) is 49.7. The minimum Gasteiger partial charge on any atom is -0.457 e. The number of hydrogen-bond donors (Lipinski definition) is 0. The zero-order valence-corrected chi connectivity index (χ0v) is 35.0. The van der Waals surface area contributed by atoms with Crippen molar-refractivity contribution in [1.82, 2.24) is 9.55 Å². The Hall–Kier alpha value is -7.11. The van der Waals surface area contributed by atoms with Crippen LogP contribution in [0.25, 0.3) is 49.9 Å². The Labute approximate surface area is 371 Å². The molecule has 61 heavy (non-hydrogen) atoms. The van der Waals surface area contributed by atoms with Crippen LogP contribution in [0.1, 0.15) is 65.0 Å². The fraction of sp³-hybridized carbons (Fsp3) is 0.161. The minimum absolute atomic E-state index is 0.0115. The molecule has 0 amide bonds. The summed E-state index contributed by atoms with van der Waals surface area (Å²) >= 11 is 0. The number of aromatic nitrogens is 2. The molecule has 1 aliphatic heterocycles. The zero-order valence-electron chi connectivity index (χ0n) is 44.0. The number of anilines is 4. The largest absolute Gasteiger partial charge is 0.457 e. The van der Waals surface area contributed by atoms with Crippen LogP contribution in [-0.2, 0) is 10.8 Å². The maximum absolute atomic E-state index is 9.89. The molecule has 9 aromatic rings. The van der Waals surface area contributed by atoms with Crippen LogP contribution in [0.15, 0.2) is 182 Å². The molecule has 300 valence electrons. The summed E-state index contributed by atoms with van der Waals surface area (Å²) in [4.78, 5) is 8.70. The van der Waals surface area contributed by atoms with Crippen LogP contribution in [0.5, 0.6) is 11.5 Å². The van der Waals surface area contributed by atoms with Crippen molar-refractivity contribution in [2.45, 2.75) is 52.4 Å². The fourth-order valence-corrected chi connectivity index (χ4v) is 8.09. The van der Waals surface area contributed by atoms with Crippen molar-refractivity contribution < 1.29 is 17.1 Å². The van der Waals surface area contributed by atoms with E-state index in [1.165, 1.54) is 0 Å². The van der Waals surface area contributed by atoms with Crippen molar-refractivity contribution in [2.75, 3.05) is 16.5 Å². The van der Waals surface area contributed by atoms with Crippen molar-refractivity contribution in [3.05, 3.63) is 193 Å². The molecule has 0 saturated carbocycles. The summed E-state index contributed by atoms with van der Waals surface area (Å²) in [5, 5.41) is 0.879. The number of pyridine rings is 1. The molecule has 0 aliphatic carbocycles. The lowest BCUT2D eigenvalue weighted by Crippen LogP contribution is -2.25. The summed E-state index contributed by atoms with van der Waals surface area (Å²) in [6.45, 7) is 12.5. The van der Waals surface area contributed by atoms with Crippen LogP contribution in [0, 0.1) is 0 Å². The first kappa shape index (κ1) is 29.2. The van der Waals surface area contributed by atoms with Gasteiger partial charge in [0.05, 0.1) is 40.4 Å². The first-order chi connectivity index (χ1) is 33.3. The van der Waals surface area contributed by atoms with Crippen LogP contribution < -0.4 is 14.5 Å². The third kappa shape index (κ3) is 7.00. The van der Waals surface area contributed by atoms with E-state index in [2.05, 4.69) is 25.7 Å². The van der Waals surface area contributed by atoms with E-state index in [1.54, 1.807) is 35.0 Å². The number of hydrogen-bond acceptors (Lipinski definition) is 4. The second kappa shape index (κ2) is 14.9. The highest BCUT2D eigenvalue weighted by Crippen LogP contribution is 2.51. The second-order valence-electron chi connectivity index (χ2n) is 17.5. The predicted octanol–water partition coefficient (Wildman–Crippen LogP) is 15.1. The lowest BCUT2D eigenvalue weighted by atomic mass is 9.82. The second-order valence-corrected chi connectivity index (χ2v) is 17.5. The van der Waals surface area contributed by atoms with E-state index in [9.17, 15) is 4.11 Å². The Morgan fingerprint density at radius 2 is 1.20 bits per heavy atom. The van der Waals surface area contributed by atoms with Crippen molar-refractivity contribution in [2.24, 2.45) is 0 Å². The number of fused-ring (bicyclic) bond motifs is 4. The topological polar surface area (TPSA) is 33.5 Å². The first-order valence-electron chi connectivity index (χ1n) is 25.0. The Morgan fingerprint density at radius 1 is 0.557 bits per heavy atom. The molecule has 0 radical (unpaired) electrons.